The predicted molar refractivity (Wildman–Crippen MR) is 62.8 cm³/mol. The Labute approximate surface area is 125 Å². The molecule has 12 heteroatoms. The van der Waals surface area contributed by atoms with E-state index < -0.39 is 42.6 Å². The van der Waals surface area contributed by atoms with Gasteiger partial charge < -0.3 is 5.11 Å². The van der Waals surface area contributed by atoms with Gasteiger partial charge in [0, 0.05) is 18.3 Å². The summed E-state index contributed by atoms with van der Waals surface area (Å²) >= 11 is 0. The molecule has 1 amide bonds. The van der Waals surface area contributed by atoms with Gasteiger partial charge in [-0.2, -0.15) is 41.6 Å². The fourth-order valence-corrected chi connectivity index (χ4v) is 2.01. The van der Waals surface area contributed by atoms with Crippen LogP contribution in [0.25, 0.3) is 0 Å². The molecule has 1 unspecified atom stereocenters. The van der Waals surface area contributed by atoms with E-state index in [1.165, 1.54) is 6.92 Å². The minimum Gasteiger partial charge on any atom is -0.362 e. The van der Waals surface area contributed by atoms with Gasteiger partial charge in [0.25, 0.3) is 11.6 Å². The normalized spacial score (nSPS) is 22.4. The first kappa shape index (κ1) is 17.2. The molecular formula is C11H10F6N4O2. The number of carbonyl (C=O) groups is 1. The van der Waals surface area contributed by atoms with Crippen LogP contribution in [0.5, 0.6) is 0 Å². The minimum absolute atomic E-state index is 0.144. The number of carbonyl (C=O) groups excluding carboxylic acids is 1. The molecule has 6 nitrogen and oxygen atoms in total. The average molecular weight is 344 g/mol. The Bertz CT molecular complexity index is 650. The molecule has 1 aliphatic heterocycles. The van der Waals surface area contributed by atoms with Crippen LogP contribution in [0, 0.1) is 0 Å². The molecule has 0 spiro atoms. The highest BCUT2D eigenvalue weighted by Crippen LogP contribution is 2.40. The van der Waals surface area contributed by atoms with Crippen LogP contribution >= 0.6 is 0 Å². The van der Waals surface area contributed by atoms with Crippen LogP contribution in [0.2, 0.25) is 0 Å². The average Bonchev–Trinajstić information content (AvgIpc) is 2.93. The van der Waals surface area contributed by atoms with Crippen LogP contribution in [-0.4, -0.2) is 43.4 Å². The quantitative estimate of drug-likeness (QED) is 0.831. The molecule has 2 heterocycles. The van der Waals surface area contributed by atoms with Crippen LogP contribution in [0.1, 0.15) is 19.0 Å². The van der Waals surface area contributed by atoms with Gasteiger partial charge in [0.05, 0.1) is 0 Å². The standard InChI is InChI=1S/C11H10F6N4O2/c1-6-4-9(23,11(15,16)17)21(18-6)8(22)5-20-3-2-7(19-20)10(12,13)14/h2-3,23H,4-5H2,1H3. The van der Waals surface area contributed by atoms with Crippen molar-refractivity contribution in [2.75, 3.05) is 0 Å². The Morgan fingerprint density at radius 2 is 1.96 bits per heavy atom. The van der Waals surface area contributed by atoms with Crippen LogP contribution < -0.4 is 0 Å². The Morgan fingerprint density at radius 1 is 1.35 bits per heavy atom. The zero-order valence-electron chi connectivity index (χ0n) is 11.5. The first-order chi connectivity index (χ1) is 10.3. The monoisotopic (exact) mass is 344 g/mol. The van der Waals surface area contributed by atoms with Gasteiger partial charge in [0.2, 0.25) is 0 Å². The Balaban J connectivity index is 2.21. The lowest BCUT2D eigenvalue weighted by atomic mass is 10.1. The summed E-state index contributed by atoms with van der Waals surface area (Å²) in [6, 6.07) is 0.571. The van der Waals surface area contributed by atoms with Crippen LogP contribution in [0.4, 0.5) is 26.3 Å². The molecule has 0 radical (unpaired) electrons. The minimum atomic E-state index is -5.18. The molecular weight excluding hydrogens is 334 g/mol. The number of hydrogen-bond acceptors (Lipinski definition) is 4. The first-order valence-electron chi connectivity index (χ1n) is 6.11. The molecule has 0 saturated carbocycles. The lowest BCUT2D eigenvalue weighted by Gasteiger charge is -2.32. The summed E-state index contributed by atoms with van der Waals surface area (Å²) in [5.41, 5.74) is -4.96. The second-order valence-corrected chi connectivity index (χ2v) is 4.93. The number of rotatable bonds is 2. The van der Waals surface area contributed by atoms with E-state index in [0.717, 1.165) is 6.20 Å². The molecule has 0 saturated heterocycles. The molecule has 128 valence electrons. The van der Waals surface area contributed by atoms with Gasteiger partial charge in [-0.15, -0.1) is 0 Å². The van der Waals surface area contributed by atoms with E-state index in [-0.39, 0.29) is 10.7 Å². The number of hydrazone groups is 1. The maximum atomic E-state index is 12.9. The molecule has 2 rings (SSSR count). The van der Waals surface area contributed by atoms with Gasteiger partial charge in [0.1, 0.15) is 6.54 Å². The number of aromatic nitrogens is 2. The van der Waals surface area contributed by atoms with E-state index in [1.807, 2.05) is 0 Å². The number of hydrogen-bond donors (Lipinski definition) is 1. The van der Waals surface area contributed by atoms with Gasteiger partial charge in [-0.3, -0.25) is 9.48 Å². The van der Waals surface area contributed by atoms with Crippen molar-refractivity contribution >= 4 is 11.6 Å². The van der Waals surface area contributed by atoms with Gasteiger partial charge >= 0.3 is 12.4 Å². The Morgan fingerprint density at radius 3 is 2.43 bits per heavy atom. The highest BCUT2D eigenvalue weighted by molar-refractivity contribution is 5.89. The van der Waals surface area contributed by atoms with Crippen LogP contribution in [0.15, 0.2) is 17.4 Å². The second kappa shape index (κ2) is 5.22. The number of halogens is 6. The summed E-state index contributed by atoms with van der Waals surface area (Å²) < 4.78 is 76.5. The summed E-state index contributed by atoms with van der Waals surface area (Å²) in [5.74, 6) is -1.35. The summed E-state index contributed by atoms with van der Waals surface area (Å²) in [6.07, 6.45) is -10.1. The first-order valence-corrected chi connectivity index (χ1v) is 6.11. The highest BCUT2D eigenvalue weighted by atomic mass is 19.4. The molecule has 0 fully saturated rings. The zero-order chi connectivity index (χ0) is 17.6. The number of nitrogens with zero attached hydrogens (tertiary/aromatic N) is 4. The zero-order valence-corrected chi connectivity index (χ0v) is 11.5. The van der Waals surface area contributed by atoms with Gasteiger partial charge in [-0.1, -0.05) is 0 Å². The number of amides is 1. The highest BCUT2D eigenvalue weighted by Gasteiger charge is 2.62. The van der Waals surface area contributed by atoms with Crippen molar-refractivity contribution in [1.29, 1.82) is 0 Å². The fourth-order valence-electron chi connectivity index (χ4n) is 2.01. The smallest absolute Gasteiger partial charge is 0.362 e. The molecule has 23 heavy (non-hydrogen) atoms. The van der Waals surface area contributed by atoms with Crippen molar-refractivity contribution in [3.8, 4) is 0 Å². The SMILES string of the molecule is CC1=NN(C(=O)Cn2ccc(C(F)(F)F)n2)C(O)(C(F)(F)F)C1. The lowest BCUT2D eigenvalue weighted by molar-refractivity contribution is -0.302. The van der Waals surface area contributed by atoms with E-state index in [2.05, 4.69) is 10.2 Å². The van der Waals surface area contributed by atoms with Crippen LogP contribution in [-0.2, 0) is 17.5 Å². The Kier molecular flexibility index (Phi) is 3.91. The van der Waals surface area contributed by atoms with E-state index in [9.17, 15) is 36.2 Å². The molecule has 0 aliphatic carbocycles. The van der Waals surface area contributed by atoms with Gasteiger partial charge in [0.15, 0.2) is 5.69 Å². The van der Waals surface area contributed by atoms with Gasteiger partial charge in [-0.05, 0) is 13.0 Å². The largest absolute Gasteiger partial charge is 0.438 e. The third-order valence-electron chi connectivity index (χ3n) is 3.04. The summed E-state index contributed by atoms with van der Waals surface area (Å²) in [4.78, 5) is 11.9. The van der Waals surface area contributed by atoms with E-state index in [4.69, 9.17) is 0 Å². The van der Waals surface area contributed by atoms with Crippen molar-refractivity contribution < 1.29 is 36.2 Å². The molecule has 0 bridgehead atoms. The second-order valence-electron chi connectivity index (χ2n) is 4.93. The maximum absolute atomic E-state index is 12.9. The van der Waals surface area contributed by atoms with E-state index in [0.29, 0.717) is 10.7 Å². The van der Waals surface area contributed by atoms with Crippen LogP contribution in [0.3, 0.4) is 0 Å². The third kappa shape index (κ3) is 3.16. The summed E-state index contributed by atoms with van der Waals surface area (Å²) in [5, 5.41) is 15.9. The summed E-state index contributed by atoms with van der Waals surface area (Å²) in [6.45, 7) is 0.241. The van der Waals surface area contributed by atoms with Gasteiger partial charge in [-0.25, -0.2) is 0 Å². The molecule has 1 aliphatic rings. The lowest BCUT2D eigenvalue weighted by Crippen LogP contribution is -2.57. The molecule has 1 atom stereocenters. The van der Waals surface area contributed by atoms with Crippen molar-refractivity contribution in [2.45, 2.75) is 38.0 Å². The third-order valence-corrected chi connectivity index (χ3v) is 3.04. The maximum Gasteiger partial charge on any atom is 0.438 e. The van der Waals surface area contributed by atoms with E-state index >= 15 is 0 Å². The fraction of sp³-hybridized carbons (Fsp3) is 0.545. The van der Waals surface area contributed by atoms with E-state index in [1.54, 1.807) is 0 Å². The Hall–Kier alpha value is -2.11. The predicted octanol–water partition coefficient (Wildman–Crippen LogP) is 1.76. The van der Waals surface area contributed by atoms with Crippen molar-refractivity contribution in [3.63, 3.8) is 0 Å². The van der Waals surface area contributed by atoms with Crippen molar-refractivity contribution in [1.82, 2.24) is 14.8 Å². The topological polar surface area (TPSA) is 70.7 Å². The van der Waals surface area contributed by atoms with Crippen molar-refractivity contribution in [2.24, 2.45) is 5.10 Å². The molecule has 1 N–H and O–H groups in total. The number of alkyl halides is 6. The van der Waals surface area contributed by atoms with Crippen molar-refractivity contribution in [3.05, 3.63) is 18.0 Å². The molecule has 0 aromatic carbocycles. The number of aliphatic hydroxyl groups is 1. The molecule has 1 aromatic heterocycles. The summed E-state index contributed by atoms with van der Waals surface area (Å²) in [7, 11) is 0. The molecule has 1 aromatic rings.